The van der Waals surface area contributed by atoms with Crippen molar-refractivity contribution in [3.8, 4) is 0 Å². The number of imide groups is 1. The Morgan fingerprint density at radius 2 is 1.62 bits per heavy atom. The number of likely N-dealkylation sites (tertiary alicyclic amines) is 1. The Hall–Kier alpha value is -1.81. The number of nitrogens with one attached hydrogen (secondary N) is 1. The summed E-state index contributed by atoms with van der Waals surface area (Å²) in [6.45, 7) is -0.360. The second-order valence-electron chi connectivity index (χ2n) is 6.33. The molecule has 0 radical (unpaired) electrons. The van der Waals surface area contributed by atoms with Crippen molar-refractivity contribution in [3.05, 3.63) is 34.4 Å². The molecular formula is C16H15Br2N3O5. The molecule has 1 N–H and O–H groups in total. The third kappa shape index (κ3) is 3.66. The number of amides is 3. The summed E-state index contributed by atoms with van der Waals surface area (Å²) >= 11 is 7.02. The van der Waals surface area contributed by atoms with Gasteiger partial charge in [0.15, 0.2) is 0 Å². The molecule has 0 unspecified atom stereocenters. The first-order valence-electron chi connectivity index (χ1n) is 7.95. The average Bonchev–Trinajstić information content (AvgIpc) is 2.80. The van der Waals surface area contributed by atoms with Crippen molar-refractivity contribution in [3.63, 3.8) is 0 Å². The zero-order valence-corrected chi connectivity index (χ0v) is 16.6. The normalized spacial score (nSPS) is 28.0. The Balaban J connectivity index is 1.65. The number of halogens is 2. The fourth-order valence-electron chi connectivity index (χ4n) is 3.33. The van der Waals surface area contributed by atoms with Crippen LogP contribution < -0.4 is 5.32 Å². The van der Waals surface area contributed by atoms with E-state index >= 15 is 0 Å². The Morgan fingerprint density at radius 3 is 2.08 bits per heavy atom. The van der Waals surface area contributed by atoms with Gasteiger partial charge in [0.2, 0.25) is 17.7 Å². The highest BCUT2D eigenvalue weighted by Crippen LogP contribution is 2.43. The maximum atomic E-state index is 12.5. The zero-order valence-electron chi connectivity index (χ0n) is 13.4. The maximum absolute atomic E-state index is 12.5. The number of nitro benzene ring substituents is 1. The number of carbonyl (C=O) groups excluding carboxylic acids is 3. The monoisotopic (exact) mass is 487 g/mol. The highest BCUT2D eigenvalue weighted by molar-refractivity contribution is 9.12. The number of alkyl halides is 2. The van der Waals surface area contributed by atoms with Gasteiger partial charge in [0.1, 0.15) is 6.54 Å². The van der Waals surface area contributed by atoms with Crippen molar-refractivity contribution in [2.75, 3.05) is 11.9 Å². The van der Waals surface area contributed by atoms with E-state index in [2.05, 4.69) is 37.2 Å². The predicted molar refractivity (Wildman–Crippen MR) is 100 cm³/mol. The number of hydrogen-bond acceptors (Lipinski definition) is 5. The summed E-state index contributed by atoms with van der Waals surface area (Å²) in [5.41, 5.74) is 0.267. The fourth-order valence-corrected chi connectivity index (χ4v) is 4.57. The molecule has 0 bridgehead atoms. The van der Waals surface area contributed by atoms with Crippen LogP contribution >= 0.6 is 31.9 Å². The number of carbonyl (C=O) groups is 3. The van der Waals surface area contributed by atoms with Gasteiger partial charge in [-0.15, -0.1) is 0 Å². The molecule has 1 aromatic rings. The Kier molecular flexibility index (Phi) is 5.42. The van der Waals surface area contributed by atoms with Crippen LogP contribution in [0, 0.1) is 22.0 Å². The molecule has 3 rings (SSSR count). The summed E-state index contributed by atoms with van der Waals surface area (Å²) in [4.78, 5) is 48.6. The summed E-state index contributed by atoms with van der Waals surface area (Å²) in [5.74, 6) is -1.95. The van der Waals surface area contributed by atoms with Crippen LogP contribution in [0.25, 0.3) is 0 Å². The lowest BCUT2D eigenvalue weighted by Gasteiger charge is -2.29. The van der Waals surface area contributed by atoms with Crippen LogP contribution in [0.3, 0.4) is 0 Å². The van der Waals surface area contributed by atoms with Crippen LogP contribution in [0.2, 0.25) is 0 Å². The second kappa shape index (κ2) is 7.43. The smallest absolute Gasteiger partial charge is 0.269 e. The van der Waals surface area contributed by atoms with Gasteiger partial charge in [0.05, 0.1) is 16.8 Å². The number of non-ortho nitro benzene ring substituents is 1. The minimum Gasteiger partial charge on any atom is -0.325 e. The maximum Gasteiger partial charge on any atom is 0.269 e. The minimum atomic E-state index is -0.539. The van der Waals surface area contributed by atoms with Crippen LogP contribution in [-0.2, 0) is 14.4 Å². The van der Waals surface area contributed by atoms with Crippen molar-refractivity contribution >= 4 is 61.0 Å². The quantitative estimate of drug-likeness (QED) is 0.303. The largest absolute Gasteiger partial charge is 0.325 e. The van der Waals surface area contributed by atoms with Gasteiger partial charge in [-0.25, -0.2) is 0 Å². The molecule has 1 saturated carbocycles. The lowest BCUT2D eigenvalue weighted by atomic mass is 9.81. The number of rotatable bonds is 4. The van der Waals surface area contributed by atoms with E-state index in [0.717, 1.165) is 4.90 Å². The van der Waals surface area contributed by atoms with Crippen molar-refractivity contribution in [2.24, 2.45) is 11.8 Å². The number of nitrogens with zero attached hydrogens (tertiary/aromatic N) is 2. The first-order chi connectivity index (χ1) is 12.3. The molecule has 1 saturated heterocycles. The lowest BCUT2D eigenvalue weighted by molar-refractivity contribution is -0.384. The molecule has 138 valence electrons. The molecule has 4 atom stereocenters. The van der Waals surface area contributed by atoms with Gasteiger partial charge in [0.25, 0.3) is 5.69 Å². The number of nitro groups is 1. The van der Waals surface area contributed by atoms with Gasteiger partial charge < -0.3 is 5.32 Å². The molecule has 3 amide bonds. The topological polar surface area (TPSA) is 110 Å². The third-order valence-electron chi connectivity index (χ3n) is 4.67. The summed E-state index contributed by atoms with van der Waals surface area (Å²) in [7, 11) is 0. The third-order valence-corrected chi connectivity index (χ3v) is 7.40. The lowest BCUT2D eigenvalue weighted by Crippen LogP contribution is -2.38. The van der Waals surface area contributed by atoms with Crippen molar-refractivity contribution in [1.29, 1.82) is 0 Å². The summed E-state index contributed by atoms with van der Waals surface area (Å²) in [6.07, 6.45) is 1.09. The highest BCUT2D eigenvalue weighted by Gasteiger charge is 2.52. The van der Waals surface area contributed by atoms with E-state index in [4.69, 9.17) is 0 Å². The van der Waals surface area contributed by atoms with Crippen LogP contribution in [0.4, 0.5) is 11.4 Å². The van der Waals surface area contributed by atoms with Crippen molar-refractivity contribution < 1.29 is 19.3 Å². The van der Waals surface area contributed by atoms with E-state index < -0.39 is 22.7 Å². The molecule has 8 nitrogen and oxygen atoms in total. The van der Waals surface area contributed by atoms with Gasteiger partial charge >= 0.3 is 0 Å². The molecule has 2 fully saturated rings. The predicted octanol–water partition coefficient (Wildman–Crippen LogP) is 2.46. The van der Waals surface area contributed by atoms with Gasteiger partial charge in [-0.3, -0.25) is 29.4 Å². The standard InChI is InChI=1S/C16H15Br2N3O5/c17-12-5-10-11(6-13(12)18)16(24)20(15(10)23)7-14(22)19-8-1-3-9(4-2-8)21(25)26/h1-4,10-13H,5-7H2,(H,19,22)/t10-,11-,12-,13+/m1/s1. The van der Waals surface area contributed by atoms with Gasteiger partial charge in [-0.05, 0) is 25.0 Å². The van der Waals surface area contributed by atoms with Crippen LogP contribution in [-0.4, -0.2) is 43.7 Å². The summed E-state index contributed by atoms with van der Waals surface area (Å²) in [6, 6.07) is 5.33. The van der Waals surface area contributed by atoms with Gasteiger partial charge in [-0.2, -0.15) is 0 Å². The molecule has 0 spiro atoms. The van der Waals surface area contributed by atoms with E-state index in [1.807, 2.05) is 0 Å². The molecule has 1 aliphatic carbocycles. The number of anilines is 1. The van der Waals surface area contributed by atoms with Gasteiger partial charge in [-0.1, -0.05) is 31.9 Å². The fraction of sp³-hybridized carbons (Fsp3) is 0.438. The molecule has 1 heterocycles. The number of benzene rings is 1. The average molecular weight is 489 g/mol. The van der Waals surface area contributed by atoms with Crippen LogP contribution in [0.5, 0.6) is 0 Å². The van der Waals surface area contributed by atoms with E-state index in [9.17, 15) is 24.5 Å². The van der Waals surface area contributed by atoms with E-state index in [-0.39, 0.29) is 33.7 Å². The first-order valence-corrected chi connectivity index (χ1v) is 9.78. The molecule has 2 aliphatic rings. The minimum absolute atomic E-state index is 0.0920. The Morgan fingerprint density at radius 1 is 1.12 bits per heavy atom. The van der Waals surface area contributed by atoms with Crippen LogP contribution in [0.15, 0.2) is 24.3 Å². The van der Waals surface area contributed by atoms with Crippen LogP contribution in [0.1, 0.15) is 12.8 Å². The van der Waals surface area contributed by atoms with E-state index in [1.165, 1.54) is 24.3 Å². The summed E-state index contributed by atoms with van der Waals surface area (Å²) < 4.78 is 0. The first kappa shape index (κ1) is 19.0. The van der Waals surface area contributed by atoms with Gasteiger partial charge in [0, 0.05) is 27.5 Å². The zero-order chi connectivity index (χ0) is 19.0. The molecule has 10 heteroatoms. The Bertz CT molecular complexity index is 742. The van der Waals surface area contributed by atoms with Crippen molar-refractivity contribution in [2.45, 2.75) is 22.5 Å². The molecular weight excluding hydrogens is 474 g/mol. The molecule has 26 heavy (non-hydrogen) atoms. The molecule has 1 aromatic carbocycles. The molecule has 0 aromatic heterocycles. The Labute approximate surface area is 165 Å². The number of fused-ring (bicyclic) bond motifs is 1. The molecule has 1 aliphatic heterocycles. The van der Waals surface area contributed by atoms with E-state index in [1.54, 1.807) is 0 Å². The van der Waals surface area contributed by atoms with E-state index in [0.29, 0.717) is 18.5 Å². The number of hydrogen-bond donors (Lipinski definition) is 1. The van der Waals surface area contributed by atoms with Crippen molar-refractivity contribution in [1.82, 2.24) is 4.90 Å². The highest BCUT2D eigenvalue weighted by atomic mass is 79.9. The summed E-state index contributed by atoms with van der Waals surface area (Å²) in [5, 5.41) is 13.2. The SMILES string of the molecule is O=C(CN1C(=O)[C@@H]2C[C@@H](Br)[C@@H](Br)C[C@H]2C1=O)Nc1ccc([N+](=O)[O-])cc1. The second-order valence-corrected chi connectivity index (χ2v) is 8.68.